The second kappa shape index (κ2) is 9.56. The zero-order chi connectivity index (χ0) is 21.6. The Kier molecular flexibility index (Phi) is 6.41. The maximum Gasteiger partial charge on any atom is 0.220 e. The highest BCUT2D eigenvalue weighted by Gasteiger charge is 2.10. The average molecular weight is 418 g/mol. The normalized spacial score (nSPS) is 11.0. The monoisotopic (exact) mass is 418 g/mol. The predicted octanol–water partition coefficient (Wildman–Crippen LogP) is 5.61. The van der Waals surface area contributed by atoms with Crippen LogP contribution < -0.4 is 5.32 Å². The van der Waals surface area contributed by atoms with Crippen LogP contribution in [0.2, 0.25) is 0 Å². The van der Waals surface area contributed by atoms with E-state index in [1.54, 1.807) is 24.3 Å². The number of benzene rings is 3. The van der Waals surface area contributed by atoms with Crippen LogP contribution in [-0.4, -0.2) is 10.5 Å². The summed E-state index contributed by atoms with van der Waals surface area (Å²) >= 11 is 0. The van der Waals surface area contributed by atoms with Crippen molar-refractivity contribution in [1.82, 2.24) is 9.88 Å². The van der Waals surface area contributed by atoms with Gasteiger partial charge in [0.1, 0.15) is 11.6 Å². The summed E-state index contributed by atoms with van der Waals surface area (Å²) in [7, 11) is 0. The Balaban J connectivity index is 1.37. The number of hydrogen-bond donors (Lipinski definition) is 1. The van der Waals surface area contributed by atoms with Crippen LogP contribution in [-0.2, 0) is 24.3 Å². The van der Waals surface area contributed by atoms with Crippen LogP contribution in [0.5, 0.6) is 0 Å². The average Bonchev–Trinajstić information content (AvgIpc) is 3.10. The molecule has 0 bridgehead atoms. The van der Waals surface area contributed by atoms with Gasteiger partial charge in [0.15, 0.2) is 0 Å². The van der Waals surface area contributed by atoms with E-state index in [2.05, 4.69) is 28.2 Å². The van der Waals surface area contributed by atoms with E-state index in [9.17, 15) is 13.6 Å². The van der Waals surface area contributed by atoms with Gasteiger partial charge < -0.3 is 9.88 Å². The van der Waals surface area contributed by atoms with E-state index in [1.165, 1.54) is 23.8 Å². The Morgan fingerprint density at radius 2 is 1.58 bits per heavy atom. The maximum atomic E-state index is 13.6. The number of aryl methyl sites for hydroxylation is 1. The molecule has 5 heteroatoms. The van der Waals surface area contributed by atoms with Crippen molar-refractivity contribution in [3.05, 3.63) is 107 Å². The van der Waals surface area contributed by atoms with Gasteiger partial charge in [0.05, 0.1) is 0 Å². The Morgan fingerprint density at radius 3 is 2.35 bits per heavy atom. The van der Waals surface area contributed by atoms with Crippen molar-refractivity contribution < 1.29 is 13.6 Å². The lowest BCUT2D eigenvalue weighted by molar-refractivity contribution is -0.121. The Bertz CT molecular complexity index is 1200. The fraction of sp³-hybridized carbons (Fsp3) is 0.192. The van der Waals surface area contributed by atoms with Crippen molar-refractivity contribution in [1.29, 1.82) is 0 Å². The van der Waals surface area contributed by atoms with Gasteiger partial charge in [0.25, 0.3) is 0 Å². The van der Waals surface area contributed by atoms with Crippen molar-refractivity contribution in [2.24, 2.45) is 0 Å². The summed E-state index contributed by atoms with van der Waals surface area (Å²) in [5.74, 6) is -0.590. The molecule has 4 rings (SSSR count). The van der Waals surface area contributed by atoms with Crippen LogP contribution >= 0.6 is 0 Å². The van der Waals surface area contributed by atoms with Gasteiger partial charge in [0, 0.05) is 36.6 Å². The van der Waals surface area contributed by atoms with E-state index in [1.807, 2.05) is 18.2 Å². The first kappa shape index (κ1) is 20.8. The summed E-state index contributed by atoms with van der Waals surface area (Å²) in [6.07, 6.45) is 3.98. The van der Waals surface area contributed by atoms with Crippen LogP contribution in [0.15, 0.2) is 79.0 Å². The van der Waals surface area contributed by atoms with Crippen molar-refractivity contribution >= 4 is 16.8 Å². The highest BCUT2D eigenvalue weighted by atomic mass is 19.1. The topological polar surface area (TPSA) is 34.0 Å². The van der Waals surface area contributed by atoms with Crippen molar-refractivity contribution in [2.45, 2.75) is 32.4 Å². The summed E-state index contributed by atoms with van der Waals surface area (Å²) in [6.45, 7) is 0.913. The van der Waals surface area contributed by atoms with Crippen LogP contribution in [0.4, 0.5) is 8.78 Å². The highest BCUT2D eigenvalue weighted by molar-refractivity contribution is 5.84. The predicted molar refractivity (Wildman–Crippen MR) is 119 cm³/mol. The minimum absolute atomic E-state index is 0.0484. The van der Waals surface area contributed by atoms with Gasteiger partial charge in [0.2, 0.25) is 5.91 Å². The van der Waals surface area contributed by atoms with Crippen LogP contribution in [0, 0.1) is 11.6 Å². The first-order valence-corrected chi connectivity index (χ1v) is 10.4. The number of aromatic nitrogens is 1. The molecule has 31 heavy (non-hydrogen) atoms. The molecule has 0 aliphatic carbocycles. The number of nitrogens with one attached hydrogen (secondary N) is 1. The summed E-state index contributed by atoms with van der Waals surface area (Å²) in [5, 5.41) is 4.00. The van der Waals surface area contributed by atoms with Crippen molar-refractivity contribution in [2.75, 3.05) is 0 Å². The number of nitrogens with zero attached hydrogens (tertiary/aromatic N) is 1. The van der Waals surface area contributed by atoms with E-state index in [4.69, 9.17) is 0 Å². The van der Waals surface area contributed by atoms with Crippen LogP contribution in [0.1, 0.15) is 29.5 Å². The number of carbonyl (C=O) groups excluding carboxylic acids is 1. The molecule has 0 atom stereocenters. The SMILES string of the molecule is O=C(CCCc1cn(Cc2cccc(F)c2)c2ccccc12)NCc1cccc(F)c1. The van der Waals surface area contributed by atoms with Gasteiger partial charge >= 0.3 is 0 Å². The number of para-hydroxylation sites is 1. The molecule has 0 spiro atoms. The molecule has 3 aromatic carbocycles. The van der Waals surface area contributed by atoms with Gasteiger partial charge in [-0.2, -0.15) is 0 Å². The largest absolute Gasteiger partial charge is 0.352 e. The van der Waals surface area contributed by atoms with Gasteiger partial charge in [-0.1, -0.05) is 42.5 Å². The number of hydrogen-bond acceptors (Lipinski definition) is 1. The molecule has 0 unspecified atom stereocenters. The molecule has 3 nitrogen and oxygen atoms in total. The zero-order valence-corrected chi connectivity index (χ0v) is 17.2. The Labute approximate surface area is 180 Å². The number of fused-ring (bicyclic) bond motifs is 1. The second-order valence-corrected chi connectivity index (χ2v) is 7.69. The second-order valence-electron chi connectivity index (χ2n) is 7.69. The molecule has 0 aliphatic heterocycles. The van der Waals surface area contributed by atoms with Crippen molar-refractivity contribution in [3.63, 3.8) is 0 Å². The van der Waals surface area contributed by atoms with Crippen LogP contribution in [0.3, 0.4) is 0 Å². The van der Waals surface area contributed by atoms with Gasteiger partial charge in [-0.05, 0) is 59.9 Å². The molecule has 1 amide bonds. The summed E-state index contributed by atoms with van der Waals surface area (Å²) in [6, 6.07) is 21.0. The molecule has 4 aromatic rings. The summed E-state index contributed by atoms with van der Waals surface area (Å²) in [4.78, 5) is 12.2. The smallest absolute Gasteiger partial charge is 0.220 e. The van der Waals surface area contributed by atoms with E-state index >= 15 is 0 Å². The lowest BCUT2D eigenvalue weighted by Gasteiger charge is -2.06. The molecule has 0 aliphatic rings. The highest BCUT2D eigenvalue weighted by Crippen LogP contribution is 2.24. The molecule has 0 saturated heterocycles. The molecular weight excluding hydrogens is 394 g/mol. The van der Waals surface area contributed by atoms with E-state index in [0.29, 0.717) is 25.9 Å². The third kappa shape index (κ3) is 5.37. The molecule has 1 heterocycles. The first-order valence-electron chi connectivity index (χ1n) is 10.4. The van der Waals surface area contributed by atoms with Gasteiger partial charge in [-0.25, -0.2) is 8.78 Å². The number of rotatable bonds is 8. The van der Waals surface area contributed by atoms with Gasteiger partial charge in [-0.3, -0.25) is 4.79 Å². The number of carbonyl (C=O) groups is 1. The molecule has 1 aromatic heterocycles. The minimum Gasteiger partial charge on any atom is -0.352 e. The summed E-state index contributed by atoms with van der Waals surface area (Å²) < 4.78 is 28.9. The van der Waals surface area contributed by atoms with Gasteiger partial charge in [-0.15, -0.1) is 0 Å². The first-order chi connectivity index (χ1) is 15.1. The van der Waals surface area contributed by atoms with Crippen molar-refractivity contribution in [3.8, 4) is 0 Å². The minimum atomic E-state index is -0.304. The van der Waals surface area contributed by atoms with Crippen LogP contribution in [0.25, 0.3) is 10.9 Å². The quantitative estimate of drug-likeness (QED) is 0.397. The number of halogens is 2. The lowest BCUT2D eigenvalue weighted by Crippen LogP contribution is -2.22. The number of amides is 1. The molecule has 0 saturated carbocycles. The molecule has 158 valence electrons. The summed E-state index contributed by atoms with van der Waals surface area (Å²) in [5.41, 5.74) is 3.92. The molecule has 0 fully saturated rings. The third-order valence-electron chi connectivity index (χ3n) is 5.34. The zero-order valence-electron chi connectivity index (χ0n) is 17.2. The van der Waals surface area contributed by atoms with E-state index in [-0.39, 0.29) is 17.5 Å². The van der Waals surface area contributed by atoms with E-state index in [0.717, 1.165) is 28.5 Å². The van der Waals surface area contributed by atoms with E-state index < -0.39 is 0 Å². The maximum absolute atomic E-state index is 13.6. The lowest BCUT2D eigenvalue weighted by atomic mass is 10.1. The Morgan fingerprint density at radius 1 is 0.871 bits per heavy atom. The molecule has 1 N–H and O–H groups in total. The third-order valence-corrected chi connectivity index (χ3v) is 5.34. The standard InChI is InChI=1S/C26H24F2N2O/c27-22-9-3-6-19(14-22)16-29-26(31)13-5-8-21-18-30(25-12-2-1-11-24(21)25)17-20-7-4-10-23(28)15-20/h1-4,6-7,9-12,14-15,18H,5,8,13,16-17H2,(H,29,31). The Hall–Kier alpha value is -3.47. The fourth-order valence-corrected chi connectivity index (χ4v) is 3.86. The molecular formula is C26H24F2N2O. The molecule has 0 radical (unpaired) electrons. The fourth-order valence-electron chi connectivity index (χ4n) is 3.86.